The molecule has 0 aromatic carbocycles. The minimum Gasteiger partial charge on any atom is -0.376 e. The van der Waals surface area contributed by atoms with Crippen LogP contribution in [0.3, 0.4) is 0 Å². The van der Waals surface area contributed by atoms with E-state index < -0.39 is 0 Å². The van der Waals surface area contributed by atoms with Crippen LogP contribution in [0.2, 0.25) is 0 Å². The molecule has 1 atom stereocenters. The third-order valence-corrected chi connectivity index (χ3v) is 4.65. The van der Waals surface area contributed by atoms with Gasteiger partial charge in [0.05, 0.1) is 12.7 Å². The van der Waals surface area contributed by atoms with E-state index in [0.29, 0.717) is 11.2 Å². The Kier molecular flexibility index (Phi) is 6.22. The van der Waals surface area contributed by atoms with Crippen LogP contribution in [0.25, 0.3) is 0 Å². The molecule has 2 rings (SSSR count). The van der Waals surface area contributed by atoms with E-state index in [4.69, 9.17) is 10.5 Å². The summed E-state index contributed by atoms with van der Waals surface area (Å²) >= 11 is 1.58. The van der Waals surface area contributed by atoms with Crippen molar-refractivity contribution in [1.82, 2.24) is 14.8 Å². The van der Waals surface area contributed by atoms with Crippen LogP contribution in [0, 0.1) is 0 Å². The van der Waals surface area contributed by atoms with Crippen LogP contribution in [0.4, 0.5) is 5.13 Å². The second kappa shape index (κ2) is 7.93. The molecular formula is C14H26N4OS. The topological polar surface area (TPSA) is 54.6 Å². The molecule has 1 saturated heterocycles. The zero-order chi connectivity index (χ0) is 14.4. The maximum absolute atomic E-state index is 5.99. The van der Waals surface area contributed by atoms with Crippen LogP contribution >= 0.6 is 11.3 Å². The molecule has 20 heavy (non-hydrogen) atoms. The summed E-state index contributed by atoms with van der Waals surface area (Å²) in [5, 5.41) is 0.659. The second-order valence-electron chi connectivity index (χ2n) is 5.21. The van der Waals surface area contributed by atoms with E-state index in [9.17, 15) is 0 Å². The first-order valence-corrected chi connectivity index (χ1v) is 8.29. The summed E-state index contributed by atoms with van der Waals surface area (Å²) in [5.74, 6) is 0. The lowest BCUT2D eigenvalue weighted by Gasteiger charge is -2.20. The molecule has 6 heteroatoms. The molecule has 5 nitrogen and oxygen atoms in total. The molecule has 0 radical (unpaired) electrons. The average Bonchev–Trinajstić information content (AvgIpc) is 3.05. The summed E-state index contributed by atoms with van der Waals surface area (Å²) in [7, 11) is 0. The van der Waals surface area contributed by atoms with E-state index in [-0.39, 0.29) is 0 Å². The van der Waals surface area contributed by atoms with Crippen LogP contribution in [-0.4, -0.2) is 60.2 Å². The number of hydrogen-bond donors (Lipinski definition) is 1. The standard InChI is InChI=1S/C14H26N4OS/c1-3-17(4-2)7-8-19-12-5-6-18(10-12)11-13-9-16-14(15)20-13/h9,12H,3-8,10-11H2,1-2H3,(H2,15,16). The lowest BCUT2D eigenvalue weighted by Crippen LogP contribution is -2.29. The first kappa shape index (κ1) is 15.7. The van der Waals surface area contributed by atoms with Crippen LogP contribution in [-0.2, 0) is 11.3 Å². The van der Waals surface area contributed by atoms with Gasteiger partial charge in [-0.05, 0) is 19.5 Å². The summed E-state index contributed by atoms with van der Waals surface area (Å²) in [6.45, 7) is 11.5. The Hall–Kier alpha value is -0.690. The van der Waals surface area contributed by atoms with Crippen LogP contribution in [0.1, 0.15) is 25.1 Å². The van der Waals surface area contributed by atoms with Gasteiger partial charge in [0.15, 0.2) is 5.13 Å². The molecule has 0 spiro atoms. The summed E-state index contributed by atoms with van der Waals surface area (Å²) in [5.41, 5.74) is 5.66. The van der Waals surface area contributed by atoms with Gasteiger partial charge in [-0.15, -0.1) is 11.3 Å². The third-order valence-electron chi connectivity index (χ3n) is 3.84. The highest BCUT2D eigenvalue weighted by atomic mass is 32.1. The number of hydrogen-bond acceptors (Lipinski definition) is 6. The Bertz CT molecular complexity index is 394. The van der Waals surface area contributed by atoms with Crippen molar-refractivity contribution in [3.05, 3.63) is 11.1 Å². The monoisotopic (exact) mass is 298 g/mol. The van der Waals surface area contributed by atoms with E-state index in [1.165, 1.54) is 4.88 Å². The molecule has 0 aliphatic carbocycles. The van der Waals surface area contributed by atoms with Crippen molar-refractivity contribution < 1.29 is 4.74 Å². The molecule has 1 aliphatic rings. The molecule has 1 aliphatic heterocycles. The first-order chi connectivity index (χ1) is 9.71. The largest absolute Gasteiger partial charge is 0.376 e. The summed E-state index contributed by atoms with van der Waals surface area (Å²) in [6, 6.07) is 0. The molecule has 2 N–H and O–H groups in total. The number of likely N-dealkylation sites (N-methyl/N-ethyl adjacent to an activating group) is 1. The van der Waals surface area contributed by atoms with Crippen molar-refractivity contribution in [2.75, 3.05) is 45.1 Å². The zero-order valence-electron chi connectivity index (χ0n) is 12.5. The summed E-state index contributed by atoms with van der Waals surface area (Å²) in [4.78, 5) is 10.2. The smallest absolute Gasteiger partial charge is 0.180 e. The SMILES string of the molecule is CCN(CC)CCOC1CCN(Cc2cnc(N)s2)C1. The van der Waals surface area contributed by atoms with Crippen molar-refractivity contribution in [2.24, 2.45) is 0 Å². The number of nitrogens with two attached hydrogens (primary N) is 1. The number of nitrogen functional groups attached to an aromatic ring is 1. The molecule has 2 heterocycles. The minimum atomic E-state index is 0.385. The normalized spacial score (nSPS) is 20.1. The van der Waals surface area contributed by atoms with Gasteiger partial charge in [-0.3, -0.25) is 4.90 Å². The fraction of sp³-hybridized carbons (Fsp3) is 0.786. The Morgan fingerprint density at radius 3 is 2.95 bits per heavy atom. The highest BCUT2D eigenvalue weighted by Gasteiger charge is 2.23. The van der Waals surface area contributed by atoms with Crippen molar-refractivity contribution in [3.8, 4) is 0 Å². The zero-order valence-corrected chi connectivity index (χ0v) is 13.4. The van der Waals surface area contributed by atoms with E-state index in [1.807, 2.05) is 6.20 Å². The number of rotatable bonds is 8. The molecule has 114 valence electrons. The Balaban J connectivity index is 1.65. The Morgan fingerprint density at radius 1 is 1.50 bits per heavy atom. The fourth-order valence-corrected chi connectivity index (χ4v) is 3.31. The average molecular weight is 298 g/mol. The molecule has 0 saturated carbocycles. The number of likely N-dealkylation sites (tertiary alicyclic amines) is 1. The van der Waals surface area contributed by atoms with Gasteiger partial charge in [0.25, 0.3) is 0 Å². The van der Waals surface area contributed by atoms with Crippen molar-refractivity contribution in [2.45, 2.75) is 32.9 Å². The molecule has 0 bridgehead atoms. The lowest BCUT2D eigenvalue weighted by molar-refractivity contribution is 0.0440. The van der Waals surface area contributed by atoms with Gasteiger partial charge >= 0.3 is 0 Å². The number of anilines is 1. The second-order valence-corrected chi connectivity index (χ2v) is 6.36. The van der Waals surface area contributed by atoms with Crippen molar-refractivity contribution in [1.29, 1.82) is 0 Å². The Labute approximate surface area is 125 Å². The summed E-state index contributed by atoms with van der Waals surface area (Å²) < 4.78 is 5.99. The quantitative estimate of drug-likeness (QED) is 0.791. The molecule has 1 aromatic rings. The van der Waals surface area contributed by atoms with E-state index >= 15 is 0 Å². The molecular weight excluding hydrogens is 272 g/mol. The predicted molar refractivity (Wildman–Crippen MR) is 83.9 cm³/mol. The van der Waals surface area contributed by atoms with E-state index in [1.54, 1.807) is 11.3 Å². The molecule has 1 aromatic heterocycles. The highest BCUT2D eigenvalue weighted by Crippen LogP contribution is 2.20. The number of nitrogens with zero attached hydrogens (tertiary/aromatic N) is 3. The third kappa shape index (κ3) is 4.70. The fourth-order valence-electron chi connectivity index (χ4n) is 2.58. The van der Waals surface area contributed by atoms with Crippen LogP contribution in [0.15, 0.2) is 6.20 Å². The molecule has 0 amide bonds. The van der Waals surface area contributed by atoms with Gasteiger partial charge in [0.2, 0.25) is 0 Å². The number of aromatic nitrogens is 1. The van der Waals surface area contributed by atoms with Gasteiger partial charge in [0, 0.05) is 37.3 Å². The molecule has 1 fully saturated rings. The van der Waals surface area contributed by atoms with Gasteiger partial charge in [0.1, 0.15) is 0 Å². The maximum atomic E-state index is 5.99. The minimum absolute atomic E-state index is 0.385. The van der Waals surface area contributed by atoms with E-state index in [2.05, 4.69) is 28.6 Å². The maximum Gasteiger partial charge on any atom is 0.180 e. The van der Waals surface area contributed by atoms with Gasteiger partial charge < -0.3 is 15.4 Å². The predicted octanol–water partition coefficient (Wildman–Crippen LogP) is 1.66. The van der Waals surface area contributed by atoms with Crippen molar-refractivity contribution in [3.63, 3.8) is 0 Å². The van der Waals surface area contributed by atoms with Gasteiger partial charge in [-0.1, -0.05) is 13.8 Å². The van der Waals surface area contributed by atoms with E-state index in [0.717, 1.165) is 52.3 Å². The first-order valence-electron chi connectivity index (χ1n) is 7.47. The van der Waals surface area contributed by atoms with Crippen LogP contribution in [0.5, 0.6) is 0 Å². The van der Waals surface area contributed by atoms with Crippen molar-refractivity contribution >= 4 is 16.5 Å². The highest BCUT2D eigenvalue weighted by molar-refractivity contribution is 7.15. The number of thiazole rings is 1. The van der Waals surface area contributed by atoms with Crippen LogP contribution < -0.4 is 5.73 Å². The summed E-state index contributed by atoms with van der Waals surface area (Å²) in [6.07, 6.45) is 3.40. The lowest BCUT2D eigenvalue weighted by atomic mass is 10.3. The Morgan fingerprint density at radius 2 is 2.30 bits per heavy atom. The number of ether oxygens (including phenoxy) is 1. The molecule has 1 unspecified atom stereocenters. The van der Waals surface area contributed by atoms with Gasteiger partial charge in [-0.2, -0.15) is 0 Å². The van der Waals surface area contributed by atoms with Gasteiger partial charge in [-0.25, -0.2) is 4.98 Å².